The fraction of sp³-hybridized carbons (Fsp3) is 0. The summed E-state index contributed by atoms with van der Waals surface area (Å²) in [4.78, 5) is 3.94. The number of nitrogens with two attached hydrogens (primary N) is 1. The van der Waals surface area contributed by atoms with E-state index in [1.54, 1.807) is 18.2 Å². The highest BCUT2D eigenvalue weighted by Crippen LogP contribution is 2.27. The molecule has 0 radical (unpaired) electrons. The predicted octanol–water partition coefficient (Wildman–Crippen LogP) is 3.06. The molecule has 0 amide bonds. The van der Waals surface area contributed by atoms with Crippen molar-refractivity contribution in [3.05, 3.63) is 52.4 Å². The highest BCUT2D eigenvalue weighted by atomic mass is 79.9. The highest BCUT2D eigenvalue weighted by molar-refractivity contribution is 9.10. The van der Waals surface area contributed by atoms with Gasteiger partial charge in [-0.1, -0.05) is 15.9 Å². The molecule has 0 aliphatic heterocycles. The van der Waals surface area contributed by atoms with Crippen molar-refractivity contribution in [1.82, 2.24) is 4.98 Å². The number of ether oxygens (including phenoxy) is 1. The summed E-state index contributed by atoms with van der Waals surface area (Å²) in [5.74, 6) is -0.578. The number of halogens is 2. The number of aromatic nitrogens is 1. The number of pyridine rings is 1. The average molecular weight is 310 g/mol. The number of hydrogen-bond donors (Lipinski definition) is 2. The quantitative estimate of drug-likeness (QED) is 0.676. The van der Waals surface area contributed by atoms with Gasteiger partial charge >= 0.3 is 0 Å². The Hall–Kier alpha value is -1.95. The van der Waals surface area contributed by atoms with Crippen LogP contribution in [0.2, 0.25) is 0 Å². The molecule has 0 saturated heterocycles. The normalized spacial score (nSPS) is 10.1. The van der Waals surface area contributed by atoms with Gasteiger partial charge in [0.2, 0.25) is 5.88 Å². The largest absolute Gasteiger partial charge is 0.435 e. The Balaban J connectivity index is 2.37. The first-order valence-corrected chi connectivity index (χ1v) is 5.79. The monoisotopic (exact) mass is 309 g/mol. The molecule has 0 atom stereocenters. The van der Waals surface area contributed by atoms with Crippen molar-refractivity contribution in [2.24, 2.45) is 5.73 Å². The first-order chi connectivity index (χ1) is 8.58. The molecule has 0 spiro atoms. The Labute approximate surface area is 111 Å². The number of nitrogens with one attached hydrogen (secondary N) is 1. The second-order valence-corrected chi connectivity index (χ2v) is 4.36. The van der Waals surface area contributed by atoms with E-state index in [-0.39, 0.29) is 17.5 Å². The lowest BCUT2D eigenvalue weighted by molar-refractivity contribution is 0.426. The summed E-state index contributed by atoms with van der Waals surface area (Å²) in [5, 5.41) is 7.39. The minimum atomic E-state index is -0.524. The van der Waals surface area contributed by atoms with Gasteiger partial charge in [-0.2, -0.15) is 0 Å². The molecule has 0 fully saturated rings. The van der Waals surface area contributed by atoms with Crippen molar-refractivity contribution in [3.8, 4) is 11.6 Å². The topological polar surface area (TPSA) is 72.0 Å². The number of hydrogen-bond acceptors (Lipinski definition) is 3. The van der Waals surface area contributed by atoms with Crippen molar-refractivity contribution in [3.63, 3.8) is 0 Å². The number of rotatable bonds is 3. The number of amidine groups is 1. The van der Waals surface area contributed by atoms with Crippen LogP contribution in [0.3, 0.4) is 0 Å². The van der Waals surface area contributed by atoms with Gasteiger partial charge in [-0.05, 0) is 30.3 Å². The van der Waals surface area contributed by atoms with Crippen LogP contribution in [-0.4, -0.2) is 10.8 Å². The molecule has 2 rings (SSSR count). The maximum absolute atomic E-state index is 13.6. The Bertz CT molecular complexity index is 604. The molecule has 6 heteroatoms. The molecule has 1 aromatic heterocycles. The van der Waals surface area contributed by atoms with E-state index in [0.29, 0.717) is 10.0 Å². The first kappa shape index (κ1) is 12.5. The molecule has 92 valence electrons. The molecular formula is C12H9BrFN3O. The summed E-state index contributed by atoms with van der Waals surface area (Å²) in [5.41, 5.74) is 5.71. The Morgan fingerprint density at radius 3 is 2.83 bits per heavy atom. The van der Waals surface area contributed by atoms with E-state index >= 15 is 0 Å². The fourth-order valence-corrected chi connectivity index (χ4v) is 1.67. The maximum atomic E-state index is 13.6. The van der Waals surface area contributed by atoms with Gasteiger partial charge in [0, 0.05) is 10.7 Å². The zero-order chi connectivity index (χ0) is 13.1. The minimum Gasteiger partial charge on any atom is -0.435 e. The predicted molar refractivity (Wildman–Crippen MR) is 69.4 cm³/mol. The van der Waals surface area contributed by atoms with Gasteiger partial charge in [-0.15, -0.1) is 0 Å². The zero-order valence-electron chi connectivity index (χ0n) is 9.15. The molecule has 1 heterocycles. The number of benzene rings is 1. The third kappa shape index (κ3) is 2.65. The molecule has 4 nitrogen and oxygen atoms in total. The van der Waals surface area contributed by atoms with Gasteiger partial charge in [0.05, 0.1) is 5.56 Å². The standard InChI is InChI=1S/C12H9BrFN3O/c13-7-3-4-10(9(14)6-7)18-12-8(11(15)16)2-1-5-17-12/h1-6H,(H3,15,16). The van der Waals surface area contributed by atoms with E-state index in [1.807, 2.05) is 0 Å². The van der Waals surface area contributed by atoms with Gasteiger partial charge in [-0.25, -0.2) is 9.37 Å². The second-order valence-electron chi connectivity index (χ2n) is 3.45. The van der Waals surface area contributed by atoms with Crippen LogP contribution in [0.4, 0.5) is 4.39 Å². The van der Waals surface area contributed by atoms with Crippen LogP contribution in [0.5, 0.6) is 11.6 Å². The van der Waals surface area contributed by atoms with Gasteiger partial charge in [-0.3, -0.25) is 5.41 Å². The molecule has 0 aliphatic carbocycles. The lowest BCUT2D eigenvalue weighted by atomic mass is 10.2. The van der Waals surface area contributed by atoms with Crippen molar-refractivity contribution in [2.45, 2.75) is 0 Å². The van der Waals surface area contributed by atoms with Gasteiger partial charge in [0.1, 0.15) is 5.84 Å². The molecule has 1 aromatic carbocycles. The second kappa shape index (κ2) is 5.14. The lowest BCUT2D eigenvalue weighted by Gasteiger charge is -2.09. The van der Waals surface area contributed by atoms with Crippen LogP contribution in [0.25, 0.3) is 0 Å². The van der Waals surface area contributed by atoms with E-state index in [9.17, 15) is 4.39 Å². The van der Waals surface area contributed by atoms with Crippen molar-refractivity contribution in [1.29, 1.82) is 5.41 Å². The summed E-state index contributed by atoms with van der Waals surface area (Å²) in [6.07, 6.45) is 1.48. The first-order valence-electron chi connectivity index (χ1n) is 5.00. The van der Waals surface area contributed by atoms with Crippen LogP contribution in [0.15, 0.2) is 41.0 Å². The maximum Gasteiger partial charge on any atom is 0.230 e. The van der Waals surface area contributed by atoms with Gasteiger partial charge in [0.25, 0.3) is 0 Å². The lowest BCUT2D eigenvalue weighted by Crippen LogP contribution is -2.13. The summed E-state index contributed by atoms with van der Waals surface area (Å²) in [7, 11) is 0. The minimum absolute atomic E-state index is 0.0272. The highest BCUT2D eigenvalue weighted by Gasteiger charge is 2.11. The van der Waals surface area contributed by atoms with E-state index in [2.05, 4.69) is 20.9 Å². The van der Waals surface area contributed by atoms with Crippen LogP contribution in [0.1, 0.15) is 5.56 Å². The molecule has 2 aromatic rings. The van der Waals surface area contributed by atoms with Crippen LogP contribution >= 0.6 is 15.9 Å². The van der Waals surface area contributed by atoms with E-state index in [4.69, 9.17) is 15.9 Å². The third-order valence-corrected chi connectivity index (χ3v) is 2.66. The number of nitrogens with zero attached hydrogens (tertiary/aromatic N) is 1. The Kier molecular flexibility index (Phi) is 3.57. The number of nitrogen functional groups attached to an aromatic ring is 1. The van der Waals surface area contributed by atoms with E-state index < -0.39 is 5.82 Å². The Morgan fingerprint density at radius 1 is 1.39 bits per heavy atom. The molecule has 18 heavy (non-hydrogen) atoms. The van der Waals surface area contributed by atoms with Crippen molar-refractivity contribution in [2.75, 3.05) is 0 Å². The van der Waals surface area contributed by atoms with Crippen molar-refractivity contribution < 1.29 is 9.13 Å². The zero-order valence-corrected chi connectivity index (χ0v) is 10.7. The summed E-state index contributed by atoms with van der Waals surface area (Å²) in [6, 6.07) is 7.61. The molecule has 0 unspecified atom stereocenters. The van der Waals surface area contributed by atoms with Crippen LogP contribution in [0, 0.1) is 11.2 Å². The van der Waals surface area contributed by atoms with E-state index in [1.165, 1.54) is 18.3 Å². The fourth-order valence-electron chi connectivity index (χ4n) is 1.34. The summed E-state index contributed by atoms with van der Waals surface area (Å²) < 4.78 is 19.5. The Morgan fingerprint density at radius 2 is 2.17 bits per heavy atom. The molecule has 0 aliphatic rings. The smallest absolute Gasteiger partial charge is 0.230 e. The molecule has 3 N–H and O–H groups in total. The average Bonchev–Trinajstić information content (AvgIpc) is 2.33. The van der Waals surface area contributed by atoms with E-state index in [0.717, 1.165) is 0 Å². The SMILES string of the molecule is N=C(N)c1cccnc1Oc1ccc(Br)cc1F. The van der Waals surface area contributed by atoms with Gasteiger partial charge in [0.15, 0.2) is 11.6 Å². The summed E-state index contributed by atoms with van der Waals surface area (Å²) in [6.45, 7) is 0. The summed E-state index contributed by atoms with van der Waals surface area (Å²) >= 11 is 3.15. The van der Waals surface area contributed by atoms with Crippen LogP contribution in [-0.2, 0) is 0 Å². The molecule has 0 bridgehead atoms. The van der Waals surface area contributed by atoms with Crippen LogP contribution < -0.4 is 10.5 Å². The molecular weight excluding hydrogens is 301 g/mol. The van der Waals surface area contributed by atoms with Crippen molar-refractivity contribution >= 4 is 21.8 Å². The third-order valence-electron chi connectivity index (χ3n) is 2.16. The van der Waals surface area contributed by atoms with Gasteiger partial charge < -0.3 is 10.5 Å². The molecule has 0 saturated carbocycles.